The molecule has 0 saturated heterocycles. The summed E-state index contributed by atoms with van der Waals surface area (Å²) in [7, 11) is 0. The standard InChI is InChI=1S/C16H21.C7H9Si.2ClH.Zr/c1-10(2)13-8-14-6-12(5)7-16(14)15(9-13)11(3)4;1-8-7-5-3-2-4-6-7;;;/h6-11H,1-5H3;2-6,8H,1H3;2*1H;/q;;;;+2/p-2. The van der Waals surface area contributed by atoms with Gasteiger partial charge >= 0.3 is 167 Å². The van der Waals surface area contributed by atoms with Crippen LogP contribution in [0.1, 0.15) is 72.3 Å². The maximum atomic E-state index is 2.59. The zero-order chi connectivity index (χ0) is 18.1. The Labute approximate surface area is 190 Å². The molecular formula is C23H30Cl2SiZr. The van der Waals surface area contributed by atoms with Crippen molar-refractivity contribution in [3.63, 3.8) is 0 Å². The molecule has 0 N–H and O–H groups in total. The number of rotatable bonds is 5. The number of benzene rings is 2. The molecule has 2 atom stereocenters. The van der Waals surface area contributed by atoms with Crippen LogP contribution in [0.25, 0.3) is 6.08 Å². The van der Waals surface area contributed by atoms with Crippen molar-refractivity contribution in [2.75, 3.05) is 0 Å². The summed E-state index contributed by atoms with van der Waals surface area (Å²) in [6.07, 6.45) is 2.52. The number of halogens is 2. The largest absolute Gasteiger partial charge is 1.00 e. The topological polar surface area (TPSA) is 0 Å². The van der Waals surface area contributed by atoms with Crippen LogP contribution in [0, 0.1) is 0 Å². The van der Waals surface area contributed by atoms with Gasteiger partial charge in [-0.1, -0.05) is 0 Å². The van der Waals surface area contributed by atoms with Gasteiger partial charge in [-0.2, -0.15) is 0 Å². The van der Waals surface area contributed by atoms with Crippen LogP contribution < -0.4 is 30.0 Å². The fourth-order valence-corrected chi connectivity index (χ4v) is 16.3. The first-order chi connectivity index (χ1) is 11.9. The second-order valence-electron chi connectivity index (χ2n) is 8.04. The van der Waals surface area contributed by atoms with E-state index in [4.69, 9.17) is 0 Å². The normalized spacial score (nSPS) is 16.1. The molecule has 3 rings (SSSR count). The van der Waals surface area contributed by atoms with Gasteiger partial charge < -0.3 is 24.8 Å². The average Bonchev–Trinajstić information content (AvgIpc) is 2.90. The van der Waals surface area contributed by atoms with Gasteiger partial charge in [0, 0.05) is 0 Å². The summed E-state index contributed by atoms with van der Waals surface area (Å²) < 4.78 is 0.789. The molecule has 1 aliphatic rings. The molecule has 144 valence electrons. The summed E-state index contributed by atoms with van der Waals surface area (Å²) in [5.41, 5.74) is 7.98. The molecule has 0 aromatic heterocycles. The van der Waals surface area contributed by atoms with Crippen LogP contribution in [0.4, 0.5) is 0 Å². The molecule has 0 heterocycles. The molecule has 0 radical (unpaired) electrons. The number of hydrogen-bond acceptors (Lipinski definition) is 0. The Balaban J connectivity index is 0.00000182. The van der Waals surface area contributed by atoms with E-state index in [-0.39, 0.29) is 24.8 Å². The minimum atomic E-state index is -0.762. The summed E-state index contributed by atoms with van der Waals surface area (Å²) in [6.45, 7) is 14.3. The van der Waals surface area contributed by atoms with Gasteiger partial charge in [-0.25, -0.2) is 0 Å². The zero-order valence-corrected chi connectivity index (χ0v) is 22.3. The first-order valence-corrected chi connectivity index (χ1v) is 17.5. The zero-order valence-electron chi connectivity index (χ0n) is 17.2. The second-order valence-corrected chi connectivity index (χ2v) is 20.7. The van der Waals surface area contributed by atoms with E-state index >= 15 is 0 Å². The predicted octanol–water partition coefficient (Wildman–Crippen LogP) is -0.257. The summed E-state index contributed by atoms with van der Waals surface area (Å²) in [4.78, 5) is 0. The molecule has 0 aliphatic heterocycles. The van der Waals surface area contributed by atoms with Crippen LogP contribution in [0.15, 0.2) is 48.0 Å². The van der Waals surface area contributed by atoms with E-state index in [0.29, 0.717) is 11.8 Å². The summed E-state index contributed by atoms with van der Waals surface area (Å²) in [6, 6.07) is 16.4. The van der Waals surface area contributed by atoms with Crippen molar-refractivity contribution in [2.24, 2.45) is 0 Å². The monoisotopic (exact) mass is 494 g/mol. The van der Waals surface area contributed by atoms with Gasteiger partial charge in [0.05, 0.1) is 0 Å². The number of hydrogen-bond donors (Lipinski definition) is 0. The van der Waals surface area contributed by atoms with Crippen molar-refractivity contribution in [3.05, 3.63) is 70.3 Å². The van der Waals surface area contributed by atoms with E-state index in [1.165, 1.54) is 5.56 Å². The number of allylic oxidation sites excluding steroid dienone is 1. The van der Waals surface area contributed by atoms with Crippen LogP contribution in [-0.2, 0) is 22.4 Å². The SMILES string of the molecule is CC1=Cc2c(C(C)C)cc(C(C)C)cc2[CH]1[Zr+2][SiH](C)c1ccccc1.[Cl-].[Cl-]. The fourth-order valence-electron chi connectivity index (χ4n) is 3.80. The predicted molar refractivity (Wildman–Crippen MR) is 110 cm³/mol. The first kappa shape index (κ1) is 24.9. The third-order valence-corrected chi connectivity index (χ3v) is 18.1. The molecule has 0 saturated carbocycles. The summed E-state index contributed by atoms with van der Waals surface area (Å²) >= 11 is -0.485. The molecule has 0 bridgehead atoms. The van der Waals surface area contributed by atoms with Crippen LogP contribution in [0.3, 0.4) is 0 Å². The molecular weight excluding hydrogens is 466 g/mol. The van der Waals surface area contributed by atoms with E-state index in [0.717, 1.165) is 3.63 Å². The Hall–Kier alpha value is -0.140. The molecule has 0 fully saturated rings. The van der Waals surface area contributed by atoms with Gasteiger partial charge in [-0.05, 0) is 0 Å². The van der Waals surface area contributed by atoms with Crippen LogP contribution in [0.2, 0.25) is 6.55 Å². The van der Waals surface area contributed by atoms with Gasteiger partial charge in [0.15, 0.2) is 0 Å². The van der Waals surface area contributed by atoms with Gasteiger partial charge in [-0.3, -0.25) is 0 Å². The van der Waals surface area contributed by atoms with Crippen LogP contribution in [0.5, 0.6) is 0 Å². The Morgan fingerprint density at radius 3 is 2.11 bits per heavy atom. The maximum absolute atomic E-state index is 2.59. The Bertz CT molecular complexity index is 784. The second kappa shape index (κ2) is 10.6. The summed E-state index contributed by atoms with van der Waals surface area (Å²) in [5, 5.41) is 1.67. The van der Waals surface area contributed by atoms with Crippen LogP contribution in [-0.4, -0.2) is 5.92 Å². The van der Waals surface area contributed by atoms with Crippen molar-refractivity contribution in [3.8, 4) is 0 Å². The smallest absolute Gasteiger partial charge is 1.00 e. The Morgan fingerprint density at radius 2 is 1.56 bits per heavy atom. The van der Waals surface area contributed by atoms with Crippen molar-refractivity contribution < 1.29 is 47.2 Å². The minimum absolute atomic E-state index is 0. The Morgan fingerprint density at radius 1 is 0.926 bits per heavy atom. The molecule has 1 aliphatic carbocycles. The molecule has 2 aromatic carbocycles. The maximum Gasteiger partial charge on any atom is -1.00 e. The van der Waals surface area contributed by atoms with Crippen LogP contribution >= 0.6 is 0 Å². The summed E-state index contributed by atoms with van der Waals surface area (Å²) in [5.74, 6) is 0.449. The molecule has 0 nitrogen and oxygen atoms in total. The van der Waals surface area contributed by atoms with Crippen molar-refractivity contribution in [2.45, 2.75) is 56.6 Å². The molecule has 0 amide bonds. The fraction of sp³-hybridized carbons (Fsp3) is 0.391. The van der Waals surface area contributed by atoms with E-state index in [1.807, 2.05) is 0 Å². The van der Waals surface area contributed by atoms with Gasteiger partial charge in [0.1, 0.15) is 0 Å². The van der Waals surface area contributed by atoms with Gasteiger partial charge in [-0.15, -0.1) is 0 Å². The Kier molecular flexibility index (Phi) is 9.76. The minimum Gasteiger partial charge on any atom is -1.00 e. The third-order valence-electron chi connectivity index (χ3n) is 5.41. The number of fused-ring (bicyclic) bond motifs is 1. The van der Waals surface area contributed by atoms with Crippen molar-refractivity contribution >= 4 is 17.2 Å². The van der Waals surface area contributed by atoms with Crippen molar-refractivity contribution in [1.29, 1.82) is 0 Å². The molecule has 27 heavy (non-hydrogen) atoms. The van der Waals surface area contributed by atoms with E-state index < -0.39 is 28.3 Å². The van der Waals surface area contributed by atoms with E-state index in [2.05, 4.69) is 89.7 Å². The molecule has 2 aromatic rings. The van der Waals surface area contributed by atoms with E-state index in [9.17, 15) is 0 Å². The third kappa shape index (κ3) is 5.47. The van der Waals surface area contributed by atoms with E-state index in [1.54, 1.807) is 27.5 Å². The van der Waals surface area contributed by atoms with Crippen molar-refractivity contribution in [1.82, 2.24) is 0 Å². The van der Waals surface area contributed by atoms with Gasteiger partial charge in [0.2, 0.25) is 0 Å². The molecule has 4 heteroatoms. The molecule has 0 spiro atoms. The molecule has 2 unspecified atom stereocenters. The first-order valence-electron chi connectivity index (χ1n) is 9.55. The quantitative estimate of drug-likeness (QED) is 0.501. The average molecular weight is 497 g/mol. The van der Waals surface area contributed by atoms with Gasteiger partial charge in [0.25, 0.3) is 0 Å².